The number of hydrogen-bond donors (Lipinski definition) is 3. The molecule has 6 heteroatoms. The van der Waals surface area contributed by atoms with Crippen molar-refractivity contribution in [2.24, 2.45) is 5.73 Å². The van der Waals surface area contributed by atoms with E-state index in [1.807, 2.05) is 0 Å². The molecule has 1 aliphatic heterocycles. The van der Waals surface area contributed by atoms with Crippen LogP contribution in [0.4, 0.5) is 0 Å². The van der Waals surface area contributed by atoms with Gasteiger partial charge in [0.25, 0.3) is 0 Å². The van der Waals surface area contributed by atoms with Crippen LogP contribution in [-0.4, -0.2) is 41.3 Å². The second-order valence-corrected chi connectivity index (χ2v) is 5.13. The third-order valence-corrected chi connectivity index (χ3v) is 2.53. The van der Waals surface area contributed by atoms with E-state index in [1.54, 1.807) is 13.8 Å². The molecule has 0 saturated carbocycles. The zero-order valence-electron chi connectivity index (χ0n) is 10.2. The summed E-state index contributed by atoms with van der Waals surface area (Å²) < 4.78 is 5.26. The van der Waals surface area contributed by atoms with Crippen LogP contribution < -0.4 is 11.1 Å². The number of carboxylic acids is 1. The Hall–Kier alpha value is -1.14. The molecule has 1 rings (SSSR count). The van der Waals surface area contributed by atoms with Gasteiger partial charge in [-0.05, 0) is 26.7 Å². The average molecular weight is 244 g/mol. The number of ether oxygens (including phenoxy) is 1. The number of aliphatic carboxylic acids is 1. The topological polar surface area (TPSA) is 102 Å². The van der Waals surface area contributed by atoms with Gasteiger partial charge in [-0.2, -0.15) is 0 Å². The van der Waals surface area contributed by atoms with E-state index in [0.29, 0.717) is 19.4 Å². The van der Waals surface area contributed by atoms with Crippen molar-refractivity contribution in [2.45, 2.75) is 50.9 Å². The number of amides is 1. The van der Waals surface area contributed by atoms with Crippen molar-refractivity contribution >= 4 is 11.9 Å². The number of carbonyl (C=O) groups excluding carboxylic acids is 1. The van der Waals surface area contributed by atoms with Crippen molar-refractivity contribution in [3.63, 3.8) is 0 Å². The van der Waals surface area contributed by atoms with Crippen LogP contribution in [0, 0.1) is 0 Å². The van der Waals surface area contributed by atoms with Crippen LogP contribution in [0.25, 0.3) is 0 Å². The van der Waals surface area contributed by atoms with Gasteiger partial charge in [0.2, 0.25) is 5.91 Å². The molecule has 0 spiro atoms. The van der Waals surface area contributed by atoms with Crippen LogP contribution >= 0.6 is 0 Å². The number of rotatable bonds is 5. The van der Waals surface area contributed by atoms with Crippen molar-refractivity contribution < 1.29 is 19.4 Å². The number of carbonyl (C=O) groups is 2. The lowest BCUT2D eigenvalue weighted by Crippen LogP contribution is -2.41. The Kier molecular flexibility index (Phi) is 4.47. The number of hydrogen-bond acceptors (Lipinski definition) is 4. The van der Waals surface area contributed by atoms with E-state index in [4.69, 9.17) is 15.6 Å². The highest BCUT2D eigenvalue weighted by atomic mass is 16.5. The summed E-state index contributed by atoms with van der Waals surface area (Å²) in [6, 6.07) is 0. The maximum atomic E-state index is 11.5. The highest BCUT2D eigenvalue weighted by molar-refractivity contribution is 5.77. The van der Waals surface area contributed by atoms with Gasteiger partial charge in [0.1, 0.15) is 0 Å². The maximum Gasteiger partial charge on any atom is 0.332 e. The first-order valence-corrected chi connectivity index (χ1v) is 5.72. The highest BCUT2D eigenvalue weighted by Crippen LogP contribution is 2.19. The number of carboxylic acid groups (broad SMARTS) is 1. The Balaban J connectivity index is 2.24. The van der Waals surface area contributed by atoms with Gasteiger partial charge in [0.05, 0.1) is 6.10 Å². The van der Waals surface area contributed by atoms with Gasteiger partial charge in [-0.3, -0.25) is 4.79 Å². The lowest BCUT2D eigenvalue weighted by molar-refractivity contribution is -0.149. The number of nitrogens with two attached hydrogens (primary N) is 1. The minimum absolute atomic E-state index is 0.139. The van der Waals surface area contributed by atoms with Crippen LogP contribution in [0.5, 0.6) is 0 Å². The van der Waals surface area contributed by atoms with Gasteiger partial charge in [-0.1, -0.05) is 0 Å². The molecule has 0 aromatic heterocycles. The Morgan fingerprint density at radius 1 is 1.47 bits per heavy atom. The van der Waals surface area contributed by atoms with E-state index < -0.39 is 17.6 Å². The molecule has 2 unspecified atom stereocenters. The molecule has 1 fully saturated rings. The second kappa shape index (κ2) is 5.46. The summed E-state index contributed by atoms with van der Waals surface area (Å²) in [7, 11) is 0. The monoisotopic (exact) mass is 244 g/mol. The Morgan fingerprint density at radius 3 is 2.59 bits per heavy atom. The van der Waals surface area contributed by atoms with Gasteiger partial charge in [0, 0.05) is 18.5 Å². The van der Waals surface area contributed by atoms with Crippen LogP contribution in [-0.2, 0) is 14.3 Å². The maximum absolute atomic E-state index is 11.5. The van der Waals surface area contributed by atoms with Crippen LogP contribution in [0.2, 0.25) is 0 Å². The van der Waals surface area contributed by atoms with E-state index in [0.717, 1.165) is 0 Å². The predicted octanol–water partition coefficient (Wildman–Crippen LogP) is -0.138. The molecule has 98 valence electrons. The fourth-order valence-electron chi connectivity index (χ4n) is 1.74. The van der Waals surface area contributed by atoms with Gasteiger partial charge in [0.15, 0.2) is 6.10 Å². The molecule has 4 N–H and O–H groups in total. The molecule has 6 nitrogen and oxygen atoms in total. The highest BCUT2D eigenvalue weighted by Gasteiger charge is 2.30. The molecular formula is C11H20N2O4. The zero-order chi connectivity index (χ0) is 13.1. The van der Waals surface area contributed by atoms with Gasteiger partial charge in [-0.25, -0.2) is 4.79 Å². The number of nitrogens with one attached hydrogen (secondary N) is 1. The molecule has 0 aromatic carbocycles. The standard InChI is InChI=1S/C11H20N2O4/c1-11(2,12)5-9(14)13-6-7-3-4-8(17-7)10(15)16/h7-8H,3-6,12H2,1-2H3,(H,13,14)(H,15,16). The third kappa shape index (κ3) is 5.14. The zero-order valence-corrected chi connectivity index (χ0v) is 10.2. The van der Waals surface area contributed by atoms with E-state index in [2.05, 4.69) is 5.32 Å². The van der Waals surface area contributed by atoms with Gasteiger partial charge < -0.3 is 20.9 Å². The largest absolute Gasteiger partial charge is 0.479 e. The smallest absolute Gasteiger partial charge is 0.332 e. The SMILES string of the molecule is CC(C)(N)CC(=O)NCC1CCC(C(=O)O)O1. The first kappa shape index (κ1) is 13.9. The molecule has 2 atom stereocenters. The van der Waals surface area contributed by atoms with E-state index >= 15 is 0 Å². The normalized spacial score (nSPS) is 24.6. The van der Waals surface area contributed by atoms with Gasteiger partial charge >= 0.3 is 5.97 Å². The van der Waals surface area contributed by atoms with Crippen molar-refractivity contribution in [1.29, 1.82) is 0 Å². The first-order chi connectivity index (χ1) is 7.78. The van der Waals surface area contributed by atoms with E-state index in [1.165, 1.54) is 0 Å². The molecule has 0 bridgehead atoms. The molecule has 17 heavy (non-hydrogen) atoms. The Labute approximate surface area is 101 Å². The molecular weight excluding hydrogens is 224 g/mol. The molecule has 0 radical (unpaired) electrons. The predicted molar refractivity (Wildman–Crippen MR) is 61.4 cm³/mol. The van der Waals surface area contributed by atoms with Gasteiger partial charge in [-0.15, -0.1) is 0 Å². The van der Waals surface area contributed by atoms with Crippen molar-refractivity contribution in [3.8, 4) is 0 Å². The van der Waals surface area contributed by atoms with Crippen molar-refractivity contribution in [2.75, 3.05) is 6.54 Å². The second-order valence-electron chi connectivity index (χ2n) is 5.13. The molecule has 1 heterocycles. The summed E-state index contributed by atoms with van der Waals surface area (Å²) in [6.07, 6.45) is 0.452. The molecule has 1 aliphatic rings. The summed E-state index contributed by atoms with van der Waals surface area (Å²) in [6.45, 7) is 3.90. The van der Waals surface area contributed by atoms with Crippen LogP contribution in [0.15, 0.2) is 0 Å². The lowest BCUT2D eigenvalue weighted by Gasteiger charge is -2.18. The summed E-state index contributed by atoms with van der Waals surface area (Å²) in [5.74, 6) is -1.08. The fourth-order valence-corrected chi connectivity index (χ4v) is 1.74. The minimum atomic E-state index is -0.943. The van der Waals surface area contributed by atoms with E-state index in [-0.39, 0.29) is 18.4 Å². The minimum Gasteiger partial charge on any atom is -0.479 e. The summed E-state index contributed by atoms with van der Waals surface area (Å²) in [5, 5.41) is 11.4. The third-order valence-electron chi connectivity index (χ3n) is 2.53. The fraction of sp³-hybridized carbons (Fsp3) is 0.818. The van der Waals surface area contributed by atoms with Crippen LogP contribution in [0.3, 0.4) is 0 Å². The van der Waals surface area contributed by atoms with Crippen LogP contribution in [0.1, 0.15) is 33.1 Å². The molecule has 1 saturated heterocycles. The quantitative estimate of drug-likeness (QED) is 0.625. The summed E-state index contributed by atoms with van der Waals surface area (Å²) in [5.41, 5.74) is 5.17. The lowest BCUT2D eigenvalue weighted by atomic mass is 10.0. The average Bonchev–Trinajstić information content (AvgIpc) is 2.60. The molecule has 0 aliphatic carbocycles. The molecule has 1 amide bonds. The first-order valence-electron chi connectivity index (χ1n) is 5.72. The molecule has 0 aromatic rings. The Bertz CT molecular complexity index is 298. The summed E-state index contributed by atoms with van der Waals surface area (Å²) in [4.78, 5) is 22.1. The Morgan fingerprint density at radius 2 is 2.12 bits per heavy atom. The van der Waals surface area contributed by atoms with E-state index in [9.17, 15) is 9.59 Å². The van der Waals surface area contributed by atoms with Crippen molar-refractivity contribution in [3.05, 3.63) is 0 Å². The van der Waals surface area contributed by atoms with Crippen molar-refractivity contribution in [1.82, 2.24) is 5.32 Å². The summed E-state index contributed by atoms with van der Waals surface area (Å²) >= 11 is 0.